The zero-order chi connectivity index (χ0) is 9.56. The summed E-state index contributed by atoms with van der Waals surface area (Å²) in [5, 5.41) is 2.29. The Kier molecular flexibility index (Phi) is 5.08. The fourth-order valence-electron chi connectivity index (χ4n) is 0.777. The highest BCUT2D eigenvalue weighted by Gasteiger charge is 2.15. The van der Waals surface area contributed by atoms with E-state index in [2.05, 4.69) is 5.32 Å². The first kappa shape index (κ1) is 10.9. The van der Waals surface area contributed by atoms with Crippen LogP contribution in [0.5, 0.6) is 0 Å². The van der Waals surface area contributed by atoms with Crippen molar-refractivity contribution < 1.29 is 9.59 Å². The SMILES string of the molecule is CCCCN(C)C(=O)C(=O)NC. The Bertz CT molecular complexity index is 168. The average molecular weight is 172 g/mol. The second-order valence-electron chi connectivity index (χ2n) is 2.66. The second-order valence-corrected chi connectivity index (χ2v) is 2.66. The summed E-state index contributed by atoms with van der Waals surface area (Å²) in [5.41, 5.74) is 0. The van der Waals surface area contributed by atoms with Gasteiger partial charge in [-0.1, -0.05) is 13.3 Å². The summed E-state index contributed by atoms with van der Waals surface area (Å²) < 4.78 is 0. The maximum Gasteiger partial charge on any atom is 0.311 e. The summed E-state index contributed by atoms with van der Waals surface area (Å²) in [6.45, 7) is 2.68. The Hall–Kier alpha value is -1.06. The molecule has 1 N–H and O–H groups in total. The third kappa shape index (κ3) is 3.37. The van der Waals surface area contributed by atoms with Crippen LogP contribution in [0.25, 0.3) is 0 Å². The predicted molar refractivity (Wildman–Crippen MR) is 46.6 cm³/mol. The lowest BCUT2D eigenvalue weighted by Gasteiger charge is -2.14. The molecule has 0 aromatic heterocycles. The molecule has 0 saturated carbocycles. The third-order valence-corrected chi connectivity index (χ3v) is 1.62. The van der Waals surface area contributed by atoms with Crippen LogP contribution in [0, 0.1) is 0 Å². The van der Waals surface area contributed by atoms with Crippen LogP contribution in [0.2, 0.25) is 0 Å². The Morgan fingerprint density at radius 2 is 2.00 bits per heavy atom. The Morgan fingerprint density at radius 1 is 1.42 bits per heavy atom. The second kappa shape index (κ2) is 5.57. The van der Waals surface area contributed by atoms with Gasteiger partial charge in [-0.15, -0.1) is 0 Å². The molecule has 0 atom stereocenters. The molecule has 0 aliphatic rings. The van der Waals surface area contributed by atoms with Gasteiger partial charge >= 0.3 is 11.8 Å². The van der Waals surface area contributed by atoms with Gasteiger partial charge in [0.15, 0.2) is 0 Å². The van der Waals surface area contributed by atoms with Crippen molar-refractivity contribution in [3.63, 3.8) is 0 Å². The number of rotatable bonds is 3. The van der Waals surface area contributed by atoms with Gasteiger partial charge in [0.05, 0.1) is 0 Å². The number of nitrogens with one attached hydrogen (secondary N) is 1. The molecule has 12 heavy (non-hydrogen) atoms. The molecule has 0 fully saturated rings. The number of carbonyl (C=O) groups is 2. The van der Waals surface area contributed by atoms with Gasteiger partial charge in [0.25, 0.3) is 0 Å². The van der Waals surface area contributed by atoms with Gasteiger partial charge in [-0.2, -0.15) is 0 Å². The molecular weight excluding hydrogens is 156 g/mol. The van der Waals surface area contributed by atoms with E-state index < -0.39 is 11.8 Å². The number of carbonyl (C=O) groups excluding carboxylic acids is 2. The lowest BCUT2D eigenvalue weighted by atomic mass is 10.3. The minimum atomic E-state index is -0.548. The molecule has 0 unspecified atom stereocenters. The highest BCUT2D eigenvalue weighted by molar-refractivity contribution is 6.34. The Balaban J connectivity index is 3.84. The Morgan fingerprint density at radius 3 is 2.42 bits per heavy atom. The van der Waals surface area contributed by atoms with E-state index in [1.165, 1.54) is 11.9 Å². The molecule has 0 bridgehead atoms. The van der Waals surface area contributed by atoms with Gasteiger partial charge in [-0.05, 0) is 6.42 Å². The minimum Gasteiger partial charge on any atom is -0.351 e. The summed E-state index contributed by atoms with van der Waals surface area (Å²) in [6.07, 6.45) is 1.95. The molecule has 0 aliphatic carbocycles. The van der Waals surface area contributed by atoms with E-state index in [0.717, 1.165) is 12.8 Å². The Labute approximate surface area is 72.9 Å². The van der Waals surface area contributed by atoms with Crippen molar-refractivity contribution >= 4 is 11.8 Å². The van der Waals surface area contributed by atoms with Crippen LogP contribution in [0.4, 0.5) is 0 Å². The van der Waals surface area contributed by atoms with E-state index in [4.69, 9.17) is 0 Å². The van der Waals surface area contributed by atoms with Crippen LogP contribution in [0.15, 0.2) is 0 Å². The van der Waals surface area contributed by atoms with E-state index in [1.54, 1.807) is 7.05 Å². The molecular formula is C8H16N2O2. The predicted octanol–water partition coefficient (Wildman–Crippen LogP) is -0.00910. The fourth-order valence-corrected chi connectivity index (χ4v) is 0.777. The van der Waals surface area contributed by atoms with E-state index in [1.807, 2.05) is 6.92 Å². The van der Waals surface area contributed by atoms with Crippen LogP contribution >= 0.6 is 0 Å². The fraction of sp³-hybridized carbons (Fsp3) is 0.750. The van der Waals surface area contributed by atoms with Crippen molar-refractivity contribution in [2.75, 3.05) is 20.6 Å². The zero-order valence-electron chi connectivity index (χ0n) is 7.89. The molecule has 4 heteroatoms. The number of hydrogen-bond acceptors (Lipinski definition) is 2. The summed E-state index contributed by atoms with van der Waals surface area (Å²) in [6, 6.07) is 0. The lowest BCUT2D eigenvalue weighted by Crippen LogP contribution is -2.39. The average Bonchev–Trinajstić information content (AvgIpc) is 2.11. The van der Waals surface area contributed by atoms with E-state index in [-0.39, 0.29) is 0 Å². The minimum absolute atomic E-state index is 0.467. The lowest BCUT2D eigenvalue weighted by molar-refractivity contribution is -0.144. The molecule has 0 heterocycles. The van der Waals surface area contributed by atoms with Crippen molar-refractivity contribution in [1.82, 2.24) is 10.2 Å². The van der Waals surface area contributed by atoms with Crippen LogP contribution in [-0.2, 0) is 9.59 Å². The molecule has 0 aromatic rings. The third-order valence-electron chi connectivity index (χ3n) is 1.62. The summed E-state index contributed by atoms with van der Waals surface area (Å²) in [7, 11) is 3.08. The number of hydrogen-bond donors (Lipinski definition) is 1. The summed E-state index contributed by atoms with van der Waals surface area (Å²) in [5.74, 6) is -1.01. The zero-order valence-corrected chi connectivity index (χ0v) is 7.89. The normalized spacial score (nSPS) is 9.25. The molecule has 0 rings (SSSR count). The van der Waals surface area contributed by atoms with E-state index in [0.29, 0.717) is 6.54 Å². The van der Waals surface area contributed by atoms with E-state index >= 15 is 0 Å². The maximum absolute atomic E-state index is 11.1. The molecule has 0 radical (unpaired) electrons. The monoisotopic (exact) mass is 172 g/mol. The summed E-state index contributed by atoms with van der Waals surface area (Å²) >= 11 is 0. The molecule has 70 valence electrons. The molecule has 0 aliphatic heterocycles. The highest BCUT2D eigenvalue weighted by Crippen LogP contribution is 1.91. The molecule has 0 aromatic carbocycles. The van der Waals surface area contributed by atoms with Gasteiger partial charge in [-0.3, -0.25) is 9.59 Å². The van der Waals surface area contributed by atoms with Crippen LogP contribution < -0.4 is 5.32 Å². The quantitative estimate of drug-likeness (QED) is 0.609. The summed E-state index contributed by atoms with van der Waals surface area (Å²) in [4.78, 5) is 23.3. The molecule has 2 amide bonds. The van der Waals surface area contributed by atoms with Crippen molar-refractivity contribution in [2.45, 2.75) is 19.8 Å². The van der Waals surface area contributed by atoms with Crippen molar-refractivity contribution in [3.05, 3.63) is 0 Å². The smallest absolute Gasteiger partial charge is 0.311 e. The van der Waals surface area contributed by atoms with Crippen LogP contribution in [0.3, 0.4) is 0 Å². The van der Waals surface area contributed by atoms with Crippen molar-refractivity contribution in [1.29, 1.82) is 0 Å². The number of unbranched alkanes of at least 4 members (excludes halogenated alkanes) is 1. The van der Waals surface area contributed by atoms with Gasteiger partial charge in [0.1, 0.15) is 0 Å². The molecule has 4 nitrogen and oxygen atoms in total. The van der Waals surface area contributed by atoms with Crippen LogP contribution in [0.1, 0.15) is 19.8 Å². The standard InChI is InChI=1S/C8H16N2O2/c1-4-5-6-10(3)8(12)7(11)9-2/h4-6H2,1-3H3,(H,9,11). The first-order valence-electron chi connectivity index (χ1n) is 4.10. The van der Waals surface area contributed by atoms with Crippen molar-refractivity contribution in [3.8, 4) is 0 Å². The van der Waals surface area contributed by atoms with Crippen molar-refractivity contribution in [2.24, 2.45) is 0 Å². The maximum atomic E-state index is 11.1. The van der Waals surface area contributed by atoms with E-state index in [9.17, 15) is 9.59 Å². The number of likely N-dealkylation sites (N-methyl/N-ethyl adjacent to an activating group) is 2. The topological polar surface area (TPSA) is 49.4 Å². The largest absolute Gasteiger partial charge is 0.351 e. The van der Waals surface area contributed by atoms with Gasteiger partial charge < -0.3 is 10.2 Å². The van der Waals surface area contributed by atoms with Gasteiger partial charge in [0, 0.05) is 20.6 Å². The highest BCUT2D eigenvalue weighted by atomic mass is 16.2. The number of amides is 2. The molecule has 0 saturated heterocycles. The van der Waals surface area contributed by atoms with Gasteiger partial charge in [-0.25, -0.2) is 0 Å². The van der Waals surface area contributed by atoms with Crippen LogP contribution in [-0.4, -0.2) is 37.4 Å². The molecule has 0 spiro atoms. The number of nitrogens with zero attached hydrogens (tertiary/aromatic N) is 1. The first-order chi connectivity index (χ1) is 5.63. The van der Waals surface area contributed by atoms with Gasteiger partial charge in [0.2, 0.25) is 0 Å². The first-order valence-corrected chi connectivity index (χ1v) is 4.10.